The van der Waals surface area contributed by atoms with Gasteiger partial charge in [0.05, 0.1) is 33.9 Å². The lowest BCUT2D eigenvalue weighted by Crippen LogP contribution is -2.28. The summed E-state index contributed by atoms with van der Waals surface area (Å²) in [5.41, 5.74) is 3.73. The van der Waals surface area contributed by atoms with E-state index in [4.69, 9.17) is 21.1 Å². The minimum absolute atomic E-state index is 0.294. The first-order chi connectivity index (χ1) is 20.6. The number of benzene rings is 2. The molecule has 4 aromatic rings. The molecule has 0 amide bonds. The second-order valence-electron chi connectivity index (χ2n) is 9.92. The summed E-state index contributed by atoms with van der Waals surface area (Å²) < 4.78 is 12.0. The van der Waals surface area contributed by atoms with Crippen molar-refractivity contribution in [2.24, 2.45) is 0 Å². The van der Waals surface area contributed by atoms with Gasteiger partial charge in [0.2, 0.25) is 0 Å². The zero-order chi connectivity index (χ0) is 29.3. The highest BCUT2D eigenvalue weighted by Gasteiger charge is 2.22. The van der Waals surface area contributed by atoms with Gasteiger partial charge in [0.1, 0.15) is 30.8 Å². The van der Waals surface area contributed by atoms with Crippen LogP contribution in [0.5, 0.6) is 11.5 Å². The fourth-order valence-corrected chi connectivity index (χ4v) is 5.37. The highest BCUT2D eigenvalue weighted by Crippen LogP contribution is 2.38. The largest absolute Gasteiger partial charge is 0.491 e. The Balaban J connectivity index is 1.37. The van der Waals surface area contributed by atoms with Crippen LogP contribution in [0.1, 0.15) is 32.4 Å². The normalized spacial score (nSPS) is 15.5. The number of hydrogen-bond donors (Lipinski definition) is 2. The third-order valence-electron chi connectivity index (χ3n) is 7.20. The number of fused-ring (bicyclic) bond motifs is 1. The second-order valence-corrected chi connectivity index (χ2v) is 10.3. The average Bonchev–Trinajstić information content (AvgIpc) is 3.47. The van der Waals surface area contributed by atoms with Crippen LogP contribution in [-0.2, 0) is 11.4 Å². The van der Waals surface area contributed by atoms with Crippen molar-refractivity contribution in [1.82, 2.24) is 19.9 Å². The molecule has 3 heterocycles. The van der Waals surface area contributed by atoms with Crippen molar-refractivity contribution >= 4 is 46.0 Å². The van der Waals surface area contributed by atoms with Gasteiger partial charge in [-0.05, 0) is 75.3 Å². The van der Waals surface area contributed by atoms with Crippen LogP contribution in [0.25, 0.3) is 10.9 Å². The van der Waals surface area contributed by atoms with Gasteiger partial charge in [0, 0.05) is 30.0 Å². The number of aldehydes is 1. The predicted molar refractivity (Wildman–Crippen MR) is 167 cm³/mol. The fourth-order valence-electron chi connectivity index (χ4n) is 5.14. The van der Waals surface area contributed by atoms with Gasteiger partial charge in [0.15, 0.2) is 5.75 Å². The molecule has 0 aliphatic carbocycles. The molecule has 0 unspecified atom stereocenters. The Labute approximate surface area is 250 Å². The minimum Gasteiger partial charge on any atom is -0.491 e. The number of carbonyl (C=O) groups excluding carboxylic acids is 1. The molecule has 2 aromatic carbocycles. The summed E-state index contributed by atoms with van der Waals surface area (Å²) in [7, 11) is 0. The van der Waals surface area contributed by atoms with Crippen molar-refractivity contribution in [3.8, 4) is 11.5 Å². The van der Waals surface area contributed by atoms with Crippen molar-refractivity contribution in [2.75, 3.05) is 36.9 Å². The summed E-state index contributed by atoms with van der Waals surface area (Å²) in [5, 5.41) is 7.96. The lowest BCUT2D eigenvalue weighted by atomic mass is 10.1. The number of likely N-dealkylation sites (N-methyl/N-ethyl adjacent to an activating group) is 1. The Morgan fingerprint density at radius 1 is 1.12 bits per heavy atom. The van der Waals surface area contributed by atoms with Gasteiger partial charge >= 0.3 is 0 Å². The molecule has 1 aliphatic rings. The molecule has 0 radical (unpaired) electrons. The quantitative estimate of drug-likeness (QED) is 0.136. The maximum Gasteiger partial charge on any atom is 0.155 e. The van der Waals surface area contributed by atoms with Crippen molar-refractivity contribution in [2.45, 2.75) is 39.3 Å². The zero-order valence-corrected chi connectivity index (χ0v) is 24.6. The van der Waals surface area contributed by atoms with E-state index >= 15 is 0 Å². The fraction of sp³-hybridized carbons (Fsp3) is 0.312. The second kappa shape index (κ2) is 14.1. The maximum absolute atomic E-state index is 11.9. The summed E-state index contributed by atoms with van der Waals surface area (Å²) in [6.45, 7) is 7.27. The SMILES string of the molecule is CCOc1c(NC/C(C=O)=C/[C@H]2CCCN2CC)ccc2ncnc(Nc3ccc(OCc4ccccn4)c(Cl)c3)c12. The van der Waals surface area contributed by atoms with Crippen LogP contribution >= 0.6 is 11.6 Å². The molecule has 1 atom stereocenters. The molecular weight excluding hydrogens is 552 g/mol. The highest BCUT2D eigenvalue weighted by molar-refractivity contribution is 6.32. The van der Waals surface area contributed by atoms with E-state index in [0.29, 0.717) is 53.7 Å². The van der Waals surface area contributed by atoms with Crippen LogP contribution in [0.2, 0.25) is 5.02 Å². The standard InChI is InChI=1S/C32H35ClN6O3/c1-3-39-15-7-9-25(39)16-22(19-40)18-35-28-12-11-27-30(31(28)41-4-2)32(37-21-36-27)38-23-10-13-29(26(33)17-23)42-20-24-8-5-6-14-34-24/h5-6,8,10-14,16-17,19,21,25,35H,3-4,7,9,15,18,20H2,1-2H3,(H,36,37,38)/b22-16-/t25-/m1/s1. The van der Waals surface area contributed by atoms with E-state index in [0.717, 1.165) is 60.2 Å². The summed E-state index contributed by atoms with van der Waals surface area (Å²) in [5.74, 6) is 1.74. The lowest BCUT2D eigenvalue weighted by Gasteiger charge is -2.20. The number of aromatic nitrogens is 3. The van der Waals surface area contributed by atoms with E-state index in [1.807, 2.05) is 49.4 Å². The van der Waals surface area contributed by atoms with Gasteiger partial charge in [-0.2, -0.15) is 0 Å². The van der Waals surface area contributed by atoms with Crippen LogP contribution in [0.15, 0.2) is 72.7 Å². The minimum atomic E-state index is 0.294. The Kier molecular flexibility index (Phi) is 9.84. The van der Waals surface area contributed by atoms with Gasteiger partial charge in [-0.15, -0.1) is 0 Å². The highest BCUT2D eigenvalue weighted by atomic mass is 35.5. The number of ether oxygens (including phenoxy) is 2. The smallest absolute Gasteiger partial charge is 0.155 e. The predicted octanol–water partition coefficient (Wildman–Crippen LogP) is 6.42. The van der Waals surface area contributed by atoms with Gasteiger partial charge in [0.25, 0.3) is 0 Å². The summed E-state index contributed by atoms with van der Waals surface area (Å²) in [4.78, 5) is 27.6. The van der Waals surface area contributed by atoms with E-state index in [1.54, 1.807) is 12.3 Å². The molecular formula is C32H35ClN6O3. The average molecular weight is 587 g/mol. The van der Waals surface area contributed by atoms with Gasteiger partial charge < -0.3 is 20.1 Å². The molecule has 5 rings (SSSR count). The van der Waals surface area contributed by atoms with Gasteiger partial charge in [-0.3, -0.25) is 14.7 Å². The van der Waals surface area contributed by atoms with Gasteiger partial charge in [-0.1, -0.05) is 30.7 Å². The molecule has 1 fully saturated rings. The van der Waals surface area contributed by atoms with E-state index in [2.05, 4.69) is 43.5 Å². The van der Waals surface area contributed by atoms with E-state index < -0.39 is 0 Å². The number of anilines is 3. The molecule has 218 valence electrons. The number of halogens is 1. The Bertz CT molecular complexity index is 1550. The molecule has 1 saturated heterocycles. The Morgan fingerprint density at radius 2 is 2.02 bits per heavy atom. The number of rotatable bonds is 13. The number of nitrogens with one attached hydrogen (secondary N) is 2. The van der Waals surface area contributed by atoms with E-state index in [-0.39, 0.29) is 0 Å². The van der Waals surface area contributed by atoms with Crippen LogP contribution < -0.4 is 20.1 Å². The van der Waals surface area contributed by atoms with Crippen molar-refractivity contribution in [3.63, 3.8) is 0 Å². The number of likely N-dealkylation sites (tertiary alicyclic amines) is 1. The molecule has 0 spiro atoms. The van der Waals surface area contributed by atoms with Crippen LogP contribution in [-0.4, -0.2) is 58.4 Å². The van der Waals surface area contributed by atoms with Gasteiger partial charge in [-0.25, -0.2) is 9.97 Å². The number of hydrogen-bond acceptors (Lipinski definition) is 9. The van der Waals surface area contributed by atoms with E-state index in [9.17, 15) is 4.79 Å². The molecule has 2 N–H and O–H groups in total. The molecule has 1 aliphatic heterocycles. The van der Waals surface area contributed by atoms with Crippen LogP contribution in [0.4, 0.5) is 17.2 Å². The lowest BCUT2D eigenvalue weighted by molar-refractivity contribution is -0.104. The summed E-state index contributed by atoms with van der Waals surface area (Å²) in [6.07, 6.45) is 8.47. The Hall–Kier alpha value is -4.21. The molecule has 42 heavy (non-hydrogen) atoms. The van der Waals surface area contributed by atoms with Crippen LogP contribution in [0.3, 0.4) is 0 Å². The molecule has 10 heteroatoms. The topological polar surface area (TPSA) is 102 Å². The first kappa shape index (κ1) is 29.3. The molecule has 0 bridgehead atoms. The van der Waals surface area contributed by atoms with Crippen LogP contribution in [0, 0.1) is 0 Å². The number of pyridine rings is 1. The number of nitrogens with zero attached hydrogens (tertiary/aromatic N) is 4. The molecule has 9 nitrogen and oxygen atoms in total. The van der Waals surface area contributed by atoms with Crippen molar-refractivity contribution < 1.29 is 14.3 Å². The monoisotopic (exact) mass is 586 g/mol. The third-order valence-corrected chi connectivity index (χ3v) is 7.50. The maximum atomic E-state index is 11.9. The first-order valence-corrected chi connectivity index (χ1v) is 14.6. The van der Waals surface area contributed by atoms with Crippen molar-refractivity contribution in [1.29, 1.82) is 0 Å². The summed E-state index contributed by atoms with van der Waals surface area (Å²) in [6, 6.07) is 15.3. The zero-order valence-electron chi connectivity index (χ0n) is 23.8. The van der Waals surface area contributed by atoms with E-state index in [1.165, 1.54) is 6.33 Å². The summed E-state index contributed by atoms with van der Waals surface area (Å²) >= 11 is 6.56. The van der Waals surface area contributed by atoms with Crippen molar-refractivity contribution in [3.05, 3.63) is 83.4 Å². The first-order valence-electron chi connectivity index (χ1n) is 14.2. The molecule has 0 saturated carbocycles. The molecule has 2 aromatic heterocycles. The number of carbonyl (C=O) groups is 1. The Morgan fingerprint density at radius 3 is 2.79 bits per heavy atom. The third kappa shape index (κ3) is 6.98.